The molecular formula is C9H11O2P. The largest absolute Gasteiger partial charge is 0.480 e. The lowest BCUT2D eigenvalue weighted by atomic mass is 10.0. The van der Waals surface area contributed by atoms with Crippen molar-refractivity contribution < 1.29 is 9.90 Å². The summed E-state index contributed by atoms with van der Waals surface area (Å²) >= 11 is 0. The van der Waals surface area contributed by atoms with Gasteiger partial charge in [-0.3, -0.25) is 4.79 Å². The van der Waals surface area contributed by atoms with Gasteiger partial charge >= 0.3 is 5.97 Å². The van der Waals surface area contributed by atoms with Gasteiger partial charge in [0.15, 0.2) is 0 Å². The zero-order chi connectivity index (χ0) is 9.19. The van der Waals surface area contributed by atoms with Crippen LogP contribution in [0.5, 0.6) is 0 Å². The van der Waals surface area contributed by atoms with E-state index < -0.39 is 11.1 Å². The molecule has 0 fully saturated rings. The highest BCUT2D eigenvalue weighted by Crippen LogP contribution is 2.30. The van der Waals surface area contributed by atoms with Crippen LogP contribution in [0, 0.1) is 0 Å². The van der Waals surface area contributed by atoms with Gasteiger partial charge in [-0.05, 0) is 12.5 Å². The molecule has 1 rings (SSSR count). The molecule has 0 bridgehead atoms. The quantitative estimate of drug-likeness (QED) is 0.709. The highest BCUT2D eigenvalue weighted by atomic mass is 31.0. The van der Waals surface area contributed by atoms with E-state index in [2.05, 4.69) is 9.24 Å². The van der Waals surface area contributed by atoms with Crippen LogP contribution >= 0.6 is 9.24 Å². The molecule has 1 aromatic carbocycles. The summed E-state index contributed by atoms with van der Waals surface area (Å²) in [5.41, 5.74) is 0.794. The van der Waals surface area contributed by atoms with Crippen LogP contribution in [0.3, 0.4) is 0 Å². The van der Waals surface area contributed by atoms with Crippen LogP contribution in [-0.4, -0.2) is 11.1 Å². The second-order valence-electron chi connectivity index (χ2n) is 2.87. The molecule has 0 saturated heterocycles. The summed E-state index contributed by atoms with van der Waals surface area (Å²) in [6.45, 7) is 1.66. The topological polar surface area (TPSA) is 37.3 Å². The number of hydrogen-bond donors (Lipinski definition) is 1. The number of carboxylic acids is 1. The van der Waals surface area contributed by atoms with Crippen molar-refractivity contribution in [3.8, 4) is 0 Å². The SMILES string of the molecule is CC(P)(C(=O)O)c1ccccc1. The predicted molar refractivity (Wildman–Crippen MR) is 51.1 cm³/mol. The molecule has 0 aliphatic rings. The number of hydrogen-bond acceptors (Lipinski definition) is 1. The van der Waals surface area contributed by atoms with E-state index in [1.54, 1.807) is 19.1 Å². The lowest BCUT2D eigenvalue weighted by Gasteiger charge is -2.18. The molecule has 2 unspecified atom stereocenters. The summed E-state index contributed by atoms with van der Waals surface area (Å²) in [5.74, 6) is -0.835. The van der Waals surface area contributed by atoms with Crippen LogP contribution < -0.4 is 0 Å². The smallest absolute Gasteiger partial charge is 0.317 e. The van der Waals surface area contributed by atoms with Crippen molar-refractivity contribution in [2.24, 2.45) is 0 Å². The number of carbonyl (C=O) groups is 1. The summed E-state index contributed by atoms with van der Waals surface area (Å²) < 4.78 is 0. The van der Waals surface area contributed by atoms with Crippen molar-refractivity contribution in [1.82, 2.24) is 0 Å². The molecule has 3 heteroatoms. The number of rotatable bonds is 2. The summed E-state index contributed by atoms with van der Waals surface area (Å²) in [5, 5.41) is 8.00. The van der Waals surface area contributed by atoms with Gasteiger partial charge in [-0.1, -0.05) is 30.3 Å². The zero-order valence-corrected chi connectivity index (χ0v) is 7.97. The van der Waals surface area contributed by atoms with Gasteiger partial charge in [0, 0.05) is 0 Å². The third kappa shape index (κ3) is 1.64. The second-order valence-corrected chi connectivity index (χ2v) is 4.03. The van der Waals surface area contributed by atoms with Crippen LogP contribution in [0.4, 0.5) is 0 Å². The maximum absolute atomic E-state index is 10.8. The fourth-order valence-electron chi connectivity index (χ4n) is 0.908. The van der Waals surface area contributed by atoms with Crippen molar-refractivity contribution in [1.29, 1.82) is 0 Å². The van der Waals surface area contributed by atoms with Gasteiger partial charge < -0.3 is 5.11 Å². The van der Waals surface area contributed by atoms with E-state index in [1.165, 1.54) is 0 Å². The van der Waals surface area contributed by atoms with E-state index in [1.807, 2.05) is 18.2 Å². The highest BCUT2D eigenvalue weighted by molar-refractivity contribution is 7.20. The van der Waals surface area contributed by atoms with Crippen molar-refractivity contribution in [2.75, 3.05) is 0 Å². The van der Waals surface area contributed by atoms with Gasteiger partial charge in [0.05, 0.1) is 0 Å². The van der Waals surface area contributed by atoms with Crippen molar-refractivity contribution in [3.63, 3.8) is 0 Å². The summed E-state index contributed by atoms with van der Waals surface area (Å²) in [6, 6.07) is 9.15. The molecule has 0 aliphatic heterocycles. The van der Waals surface area contributed by atoms with Gasteiger partial charge in [-0.2, -0.15) is 0 Å². The maximum atomic E-state index is 10.8. The molecule has 0 heterocycles. The average Bonchev–Trinajstić information content (AvgIpc) is 2.06. The van der Waals surface area contributed by atoms with E-state index >= 15 is 0 Å². The van der Waals surface area contributed by atoms with Crippen molar-refractivity contribution >= 4 is 15.2 Å². The predicted octanol–water partition coefficient (Wildman–Crippen LogP) is 1.86. The molecule has 0 radical (unpaired) electrons. The lowest BCUT2D eigenvalue weighted by molar-refractivity contribution is -0.139. The first-order valence-corrected chi connectivity index (χ1v) is 4.20. The fourth-order valence-corrected chi connectivity index (χ4v) is 1.10. The van der Waals surface area contributed by atoms with Gasteiger partial charge in [-0.15, -0.1) is 9.24 Å². The minimum Gasteiger partial charge on any atom is -0.480 e. The summed E-state index contributed by atoms with van der Waals surface area (Å²) in [7, 11) is 2.35. The van der Waals surface area contributed by atoms with E-state index in [9.17, 15) is 4.79 Å². The Balaban J connectivity index is 3.06. The fraction of sp³-hybridized carbons (Fsp3) is 0.222. The minimum absolute atomic E-state index is 0.794. The molecule has 0 aliphatic carbocycles. The van der Waals surface area contributed by atoms with Crippen LogP contribution in [0.1, 0.15) is 12.5 Å². The van der Waals surface area contributed by atoms with Gasteiger partial charge in [-0.25, -0.2) is 0 Å². The third-order valence-corrected chi connectivity index (χ3v) is 2.40. The summed E-state index contributed by atoms with van der Waals surface area (Å²) in [4.78, 5) is 10.8. The molecule has 1 aromatic rings. The van der Waals surface area contributed by atoms with Gasteiger partial charge in [0.2, 0.25) is 0 Å². The molecule has 1 N–H and O–H groups in total. The lowest BCUT2D eigenvalue weighted by Crippen LogP contribution is -2.24. The Morgan fingerprint density at radius 1 is 1.42 bits per heavy atom. The zero-order valence-electron chi connectivity index (χ0n) is 6.82. The van der Waals surface area contributed by atoms with E-state index in [4.69, 9.17) is 5.11 Å². The molecule has 2 atom stereocenters. The van der Waals surface area contributed by atoms with Gasteiger partial charge in [0.25, 0.3) is 0 Å². The average molecular weight is 182 g/mol. The molecule has 64 valence electrons. The summed E-state index contributed by atoms with van der Waals surface area (Å²) in [6.07, 6.45) is 0. The van der Waals surface area contributed by atoms with Gasteiger partial charge in [0.1, 0.15) is 5.16 Å². The standard InChI is InChI=1S/C9H11O2P/c1-9(12,8(10)11)7-5-3-2-4-6-7/h2-6H,12H2,1H3,(H,10,11). The van der Waals surface area contributed by atoms with Crippen molar-refractivity contribution in [2.45, 2.75) is 12.1 Å². The number of carboxylic acid groups (broad SMARTS) is 1. The number of benzene rings is 1. The number of aliphatic carboxylic acids is 1. The second kappa shape index (κ2) is 3.24. The molecule has 2 nitrogen and oxygen atoms in total. The Morgan fingerprint density at radius 2 is 1.92 bits per heavy atom. The molecule has 0 saturated carbocycles. The first-order valence-electron chi connectivity index (χ1n) is 3.63. The Kier molecular flexibility index (Phi) is 2.49. The van der Waals surface area contributed by atoms with Crippen LogP contribution in [0.2, 0.25) is 0 Å². The van der Waals surface area contributed by atoms with Crippen molar-refractivity contribution in [3.05, 3.63) is 35.9 Å². The minimum atomic E-state index is -0.874. The highest BCUT2D eigenvalue weighted by Gasteiger charge is 2.28. The Morgan fingerprint density at radius 3 is 2.33 bits per heavy atom. The first kappa shape index (κ1) is 9.21. The molecule has 0 amide bonds. The van der Waals surface area contributed by atoms with Crippen LogP contribution in [-0.2, 0) is 9.95 Å². The normalized spacial score (nSPS) is 15.2. The molecular weight excluding hydrogens is 171 g/mol. The third-order valence-electron chi connectivity index (χ3n) is 1.82. The Bertz CT molecular complexity index is 280. The molecule has 12 heavy (non-hydrogen) atoms. The maximum Gasteiger partial charge on any atom is 0.317 e. The monoisotopic (exact) mass is 182 g/mol. The first-order chi connectivity index (χ1) is 5.55. The molecule has 0 spiro atoms. The van der Waals surface area contributed by atoms with Crippen LogP contribution in [0.25, 0.3) is 0 Å². The van der Waals surface area contributed by atoms with Crippen LogP contribution in [0.15, 0.2) is 30.3 Å². The Labute approximate surface area is 73.8 Å². The van der Waals surface area contributed by atoms with E-state index in [0.29, 0.717) is 0 Å². The Hall–Kier alpha value is -0.880. The van der Waals surface area contributed by atoms with E-state index in [-0.39, 0.29) is 0 Å². The molecule has 0 aromatic heterocycles. The van der Waals surface area contributed by atoms with E-state index in [0.717, 1.165) is 5.56 Å².